The van der Waals surface area contributed by atoms with E-state index in [-0.39, 0.29) is 8.16 Å². The van der Waals surface area contributed by atoms with Gasteiger partial charge in [-0.15, -0.1) is 47.0 Å². The quantitative estimate of drug-likeness (QED) is 0.102. The molecule has 12 heteroatoms. The molecule has 170 valence electrons. The van der Waals surface area contributed by atoms with E-state index >= 15 is 0 Å². The van der Waals surface area contributed by atoms with Crippen LogP contribution in [0, 0.1) is 11.8 Å². The molecule has 1 aliphatic heterocycles. The van der Waals surface area contributed by atoms with E-state index in [2.05, 4.69) is 25.3 Å². The second-order valence-corrected chi connectivity index (χ2v) is 20.0. The largest absolute Gasteiger partial charge is 0.177 e. The van der Waals surface area contributed by atoms with E-state index in [1.54, 1.807) is 0 Å². The summed E-state index contributed by atoms with van der Waals surface area (Å²) in [5.74, 6) is 2.54. The fourth-order valence-corrected chi connectivity index (χ4v) is 16.6. The molecule has 0 nitrogen and oxygen atoms in total. The van der Waals surface area contributed by atoms with Crippen LogP contribution in [0.5, 0.6) is 0 Å². The molecule has 8 unspecified atom stereocenters. The molecule has 3 fully saturated rings. The van der Waals surface area contributed by atoms with Crippen molar-refractivity contribution in [2.75, 3.05) is 16.6 Å². The summed E-state index contributed by atoms with van der Waals surface area (Å²) in [5, 5.41) is 2.89. The molecule has 2 aliphatic carbocycles. The Morgan fingerprint density at radius 3 is 1.31 bits per heavy atom. The third-order valence-corrected chi connectivity index (χ3v) is 18.5. The maximum atomic E-state index is 5.11. The summed E-state index contributed by atoms with van der Waals surface area (Å²) in [7, 11) is 0. The number of rotatable bonds is 10. The van der Waals surface area contributed by atoms with Crippen molar-refractivity contribution in [3.63, 3.8) is 0 Å². The molecule has 0 N–H and O–H groups in total. The predicted octanol–water partition coefficient (Wildman–Crippen LogP) is 6.67. The van der Waals surface area contributed by atoms with Crippen molar-refractivity contribution in [3.8, 4) is 0 Å². The molecular weight excluding hydrogens is 589 g/mol. The van der Waals surface area contributed by atoms with Gasteiger partial charge < -0.3 is 0 Å². The van der Waals surface area contributed by atoms with Gasteiger partial charge in [-0.25, -0.2) is 0 Å². The minimum atomic E-state index is -0.155. The van der Waals surface area contributed by atoms with Gasteiger partial charge in [0.25, 0.3) is 0 Å². The molecule has 0 aromatic heterocycles. The highest BCUT2D eigenvalue weighted by molar-refractivity contribution is 8.35. The highest BCUT2D eigenvalue weighted by atomic mass is 32.3. The summed E-state index contributed by atoms with van der Waals surface area (Å²) in [6.45, 7) is 0. The molecule has 0 radical (unpaired) electrons. The van der Waals surface area contributed by atoms with Crippen LogP contribution in [0.1, 0.15) is 25.7 Å². The average Bonchev–Trinajstić information content (AvgIpc) is 3.11. The van der Waals surface area contributed by atoms with Crippen molar-refractivity contribution in [1.82, 2.24) is 0 Å². The molecule has 1 heterocycles. The second-order valence-electron chi connectivity index (χ2n) is 8.11. The summed E-state index contributed by atoms with van der Waals surface area (Å²) < 4.78 is 0.631. The van der Waals surface area contributed by atoms with E-state index in [0.717, 1.165) is 42.3 Å². The normalized spacial score (nSPS) is 43.9. The number of hydrogen-bond donors (Lipinski definition) is 8. The first-order valence-electron chi connectivity index (χ1n) is 9.57. The minimum absolute atomic E-state index is 0.155. The van der Waals surface area contributed by atoms with Gasteiger partial charge in [-0.1, -0.05) is 0 Å². The van der Waals surface area contributed by atoms with Crippen molar-refractivity contribution in [2.45, 2.75) is 64.0 Å². The first-order chi connectivity index (χ1) is 13.6. The first-order valence-corrected chi connectivity index (χ1v) is 17.7. The highest BCUT2D eigenvalue weighted by Crippen LogP contribution is 2.59. The minimum Gasteiger partial charge on any atom is -0.177 e. The lowest BCUT2D eigenvalue weighted by Gasteiger charge is -2.45. The molecule has 3 rings (SSSR count). The van der Waals surface area contributed by atoms with Crippen molar-refractivity contribution >= 4 is 148 Å². The molecule has 2 saturated carbocycles. The number of thioether (sulfide) groups is 4. The van der Waals surface area contributed by atoms with Crippen LogP contribution in [0.2, 0.25) is 0 Å². The molecule has 0 aromatic rings. The van der Waals surface area contributed by atoms with E-state index in [0.29, 0.717) is 42.0 Å². The molecule has 0 bridgehead atoms. The molecule has 1 saturated heterocycles. The standard InChI is InChI=1S/C17H30S12/c18-5-16(24,3-8-10(20)1-11(8)21)28-14-15(27-7-26-14)29-17(25,6-19)4-9-12(22)2-13(9)23/h8-15,18-25H,1-7H2. The van der Waals surface area contributed by atoms with Crippen LogP contribution >= 0.6 is 148 Å². The lowest BCUT2D eigenvalue weighted by molar-refractivity contribution is 0.325. The van der Waals surface area contributed by atoms with Gasteiger partial charge in [-0.3, -0.25) is 0 Å². The Morgan fingerprint density at radius 1 is 0.690 bits per heavy atom. The zero-order chi connectivity index (χ0) is 21.4. The van der Waals surface area contributed by atoms with Gasteiger partial charge in [0.05, 0.1) is 17.3 Å². The van der Waals surface area contributed by atoms with Crippen LogP contribution in [0.25, 0.3) is 0 Å². The van der Waals surface area contributed by atoms with E-state index in [9.17, 15) is 0 Å². The Hall–Kier alpha value is 4.20. The van der Waals surface area contributed by atoms with Crippen molar-refractivity contribution in [1.29, 1.82) is 0 Å². The zero-order valence-electron chi connectivity index (χ0n) is 15.8. The van der Waals surface area contributed by atoms with Crippen LogP contribution in [-0.2, 0) is 0 Å². The summed E-state index contributed by atoms with van der Waals surface area (Å²) >= 11 is 46.5. The highest BCUT2D eigenvalue weighted by Gasteiger charge is 2.47. The molecule has 3 aliphatic rings. The predicted molar refractivity (Wildman–Crippen MR) is 170 cm³/mol. The molecule has 0 amide bonds. The number of hydrogen-bond acceptors (Lipinski definition) is 12. The Bertz CT molecular complexity index is 489. The Labute approximate surface area is 237 Å². The average molecular weight is 619 g/mol. The monoisotopic (exact) mass is 618 g/mol. The fourth-order valence-electron chi connectivity index (χ4n) is 3.84. The first kappa shape index (κ1) is 27.8. The van der Waals surface area contributed by atoms with Gasteiger partial charge >= 0.3 is 0 Å². The van der Waals surface area contributed by atoms with Crippen molar-refractivity contribution in [3.05, 3.63) is 0 Å². The Kier molecular flexibility index (Phi) is 11.5. The van der Waals surface area contributed by atoms with Crippen LogP contribution in [0.4, 0.5) is 0 Å². The van der Waals surface area contributed by atoms with Gasteiger partial charge in [-0.05, 0) is 37.5 Å². The topological polar surface area (TPSA) is 0 Å². The van der Waals surface area contributed by atoms with Crippen LogP contribution in [-0.4, -0.2) is 54.9 Å². The molecule has 0 spiro atoms. The van der Waals surface area contributed by atoms with Gasteiger partial charge in [0.15, 0.2) is 0 Å². The van der Waals surface area contributed by atoms with E-state index in [1.165, 1.54) is 0 Å². The number of thiol groups is 8. The van der Waals surface area contributed by atoms with Gasteiger partial charge in [0.2, 0.25) is 0 Å². The lowest BCUT2D eigenvalue weighted by Crippen LogP contribution is -2.44. The maximum absolute atomic E-state index is 5.11. The Balaban J connectivity index is 1.60. The molecular formula is C17H30S12. The van der Waals surface area contributed by atoms with Crippen molar-refractivity contribution in [2.24, 2.45) is 11.8 Å². The third-order valence-electron chi connectivity index (χ3n) is 5.90. The summed E-state index contributed by atoms with van der Waals surface area (Å²) in [6, 6.07) is 0. The van der Waals surface area contributed by atoms with Gasteiger partial charge in [-0.2, -0.15) is 101 Å². The van der Waals surface area contributed by atoms with Crippen LogP contribution in [0.3, 0.4) is 0 Å². The molecule has 0 aromatic carbocycles. The Morgan fingerprint density at radius 2 is 1.03 bits per heavy atom. The fraction of sp³-hybridized carbons (Fsp3) is 1.00. The summed E-state index contributed by atoms with van der Waals surface area (Å²) in [4.78, 5) is 0. The third kappa shape index (κ3) is 7.13. The van der Waals surface area contributed by atoms with Crippen LogP contribution < -0.4 is 0 Å². The smallest absolute Gasteiger partial charge is 0.0735 e. The lowest BCUT2D eigenvalue weighted by atomic mass is 9.80. The van der Waals surface area contributed by atoms with E-state index in [4.69, 9.17) is 75.8 Å². The second kappa shape index (κ2) is 12.0. The molecule has 29 heavy (non-hydrogen) atoms. The van der Waals surface area contributed by atoms with E-state index in [1.807, 2.05) is 47.0 Å². The summed E-state index contributed by atoms with van der Waals surface area (Å²) in [6.07, 6.45) is 4.20. The van der Waals surface area contributed by atoms with Gasteiger partial charge in [0, 0.05) is 37.6 Å². The van der Waals surface area contributed by atoms with Crippen LogP contribution in [0.15, 0.2) is 0 Å². The van der Waals surface area contributed by atoms with Crippen molar-refractivity contribution < 1.29 is 0 Å². The zero-order valence-corrected chi connectivity index (χ0v) is 26.2. The SMILES string of the molecule is SCC(S)(CC1C(S)CC1S)SC1SCSC1SC(S)(CS)CC1C(S)CC1S. The summed E-state index contributed by atoms with van der Waals surface area (Å²) in [5.41, 5.74) is 0. The van der Waals surface area contributed by atoms with E-state index < -0.39 is 0 Å². The molecule has 8 atom stereocenters. The van der Waals surface area contributed by atoms with Gasteiger partial charge in [0.1, 0.15) is 0 Å². The maximum Gasteiger partial charge on any atom is 0.0735 e.